The normalized spacial score (nSPS) is 13.8. The van der Waals surface area contributed by atoms with Crippen LogP contribution in [0.25, 0.3) is 0 Å². The molecule has 0 spiro atoms. The number of rotatable bonds is 4. The number of nitrogens with zero attached hydrogens (tertiary/aromatic N) is 1. The summed E-state index contributed by atoms with van der Waals surface area (Å²) < 4.78 is 5.12. The van der Waals surface area contributed by atoms with Crippen molar-refractivity contribution >= 4 is 22.5 Å². The zero-order valence-electron chi connectivity index (χ0n) is 10.6. The fourth-order valence-corrected chi connectivity index (χ4v) is 2.14. The van der Waals surface area contributed by atoms with Gasteiger partial charge in [0.25, 0.3) is 0 Å². The van der Waals surface area contributed by atoms with Crippen LogP contribution in [0.1, 0.15) is 17.6 Å². The van der Waals surface area contributed by atoms with Crippen molar-refractivity contribution in [2.75, 3.05) is 11.9 Å². The number of urea groups is 1. The van der Waals surface area contributed by atoms with Gasteiger partial charge in [0, 0.05) is 11.1 Å². The van der Waals surface area contributed by atoms with E-state index in [0.29, 0.717) is 10.9 Å². The number of aliphatic hydroxyl groups is 1. The number of thiazole rings is 1. The predicted octanol–water partition coefficient (Wildman–Crippen LogP) is 2.07. The molecule has 1 unspecified atom stereocenters. The molecule has 0 saturated carbocycles. The quantitative estimate of drug-likeness (QED) is 0.800. The number of nitrogens with one attached hydrogen (secondary N) is 2. The number of furan rings is 1. The molecule has 0 aliphatic heterocycles. The van der Waals surface area contributed by atoms with Crippen molar-refractivity contribution in [2.24, 2.45) is 0 Å². The van der Waals surface area contributed by atoms with Crippen molar-refractivity contribution in [3.8, 4) is 0 Å². The zero-order chi connectivity index (χ0) is 13.9. The van der Waals surface area contributed by atoms with E-state index in [0.717, 1.165) is 4.88 Å². The van der Waals surface area contributed by atoms with Crippen molar-refractivity contribution in [1.29, 1.82) is 0 Å². The van der Waals surface area contributed by atoms with Gasteiger partial charge in [-0.3, -0.25) is 5.32 Å². The van der Waals surface area contributed by atoms with Crippen molar-refractivity contribution in [3.63, 3.8) is 0 Å². The Hall–Kier alpha value is -1.86. The zero-order valence-corrected chi connectivity index (χ0v) is 11.5. The van der Waals surface area contributed by atoms with Gasteiger partial charge in [0.05, 0.1) is 12.8 Å². The number of aromatic nitrogens is 1. The van der Waals surface area contributed by atoms with Crippen molar-refractivity contribution < 1.29 is 14.3 Å². The summed E-state index contributed by atoms with van der Waals surface area (Å²) in [7, 11) is 0. The molecule has 0 aliphatic carbocycles. The smallest absolute Gasteiger partial charge is 0.321 e. The minimum atomic E-state index is -1.25. The lowest BCUT2D eigenvalue weighted by atomic mass is 10.0. The minimum Gasteiger partial charge on any atom is -0.466 e. The Kier molecular flexibility index (Phi) is 3.87. The van der Waals surface area contributed by atoms with Gasteiger partial charge in [0.1, 0.15) is 11.4 Å². The third kappa shape index (κ3) is 3.55. The van der Waals surface area contributed by atoms with E-state index in [1.807, 2.05) is 6.92 Å². The molecule has 1 atom stereocenters. The highest BCUT2D eigenvalue weighted by Gasteiger charge is 2.26. The van der Waals surface area contributed by atoms with Crippen molar-refractivity contribution in [1.82, 2.24) is 10.3 Å². The topological polar surface area (TPSA) is 87.4 Å². The summed E-state index contributed by atoms with van der Waals surface area (Å²) >= 11 is 1.38. The van der Waals surface area contributed by atoms with E-state index < -0.39 is 11.6 Å². The molecule has 0 saturated heterocycles. The van der Waals surface area contributed by atoms with Crippen LogP contribution in [-0.4, -0.2) is 22.7 Å². The Balaban J connectivity index is 1.87. The van der Waals surface area contributed by atoms with Gasteiger partial charge >= 0.3 is 6.03 Å². The second-order valence-corrected chi connectivity index (χ2v) is 5.57. The standard InChI is InChI=1S/C12H15N3O3S/c1-8-6-13-11(19-8)15-10(16)14-7-12(2,17)9-4-3-5-18-9/h3-6,17H,7H2,1-2H3,(H2,13,14,15,16). The van der Waals surface area contributed by atoms with E-state index in [-0.39, 0.29) is 6.54 Å². The van der Waals surface area contributed by atoms with E-state index in [1.165, 1.54) is 17.6 Å². The number of carbonyl (C=O) groups is 1. The van der Waals surface area contributed by atoms with Gasteiger partial charge in [-0.15, -0.1) is 11.3 Å². The summed E-state index contributed by atoms with van der Waals surface area (Å²) in [5, 5.41) is 15.8. The van der Waals surface area contributed by atoms with Crippen LogP contribution in [0.3, 0.4) is 0 Å². The lowest BCUT2D eigenvalue weighted by Gasteiger charge is -2.20. The fraction of sp³-hybridized carbons (Fsp3) is 0.333. The molecule has 102 valence electrons. The van der Waals surface area contributed by atoms with E-state index >= 15 is 0 Å². The van der Waals surface area contributed by atoms with E-state index in [1.54, 1.807) is 25.3 Å². The summed E-state index contributed by atoms with van der Waals surface area (Å²) in [5.41, 5.74) is -1.25. The van der Waals surface area contributed by atoms with E-state index in [4.69, 9.17) is 4.42 Å². The fourth-order valence-electron chi connectivity index (χ4n) is 1.48. The molecule has 3 N–H and O–H groups in total. The first-order valence-corrected chi connectivity index (χ1v) is 6.53. The number of amides is 2. The van der Waals surface area contributed by atoms with Crippen LogP contribution < -0.4 is 10.6 Å². The molecule has 2 aromatic heterocycles. The molecule has 2 rings (SSSR count). The van der Waals surface area contributed by atoms with Crippen LogP contribution in [-0.2, 0) is 5.60 Å². The summed E-state index contributed by atoms with van der Waals surface area (Å²) in [6.45, 7) is 3.51. The molecule has 0 aliphatic rings. The molecule has 0 radical (unpaired) electrons. The first-order chi connectivity index (χ1) is 8.97. The summed E-state index contributed by atoms with van der Waals surface area (Å²) in [4.78, 5) is 16.7. The molecule has 2 heterocycles. The Bertz CT molecular complexity index is 548. The van der Waals surface area contributed by atoms with Crippen molar-refractivity contribution in [2.45, 2.75) is 19.4 Å². The Morgan fingerprint density at radius 3 is 3.00 bits per heavy atom. The lowest BCUT2D eigenvalue weighted by Crippen LogP contribution is -2.40. The first kappa shape index (κ1) is 13.6. The molecular weight excluding hydrogens is 266 g/mol. The van der Waals surface area contributed by atoms with Gasteiger partial charge in [-0.2, -0.15) is 0 Å². The minimum absolute atomic E-state index is 0.0384. The molecule has 7 heteroatoms. The highest BCUT2D eigenvalue weighted by atomic mass is 32.1. The van der Waals surface area contributed by atoms with Crippen LogP contribution in [0.15, 0.2) is 29.0 Å². The molecule has 2 amide bonds. The van der Waals surface area contributed by atoms with Crippen molar-refractivity contribution in [3.05, 3.63) is 35.2 Å². The Morgan fingerprint density at radius 2 is 2.42 bits per heavy atom. The third-order valence-corrected chi connectivity index (χ3v) is 3.32. The third-order valence-electron chi connectivity index (χ3n) is 2.49. The van der Waals surface area contributed by atoms with Crippen LogP contribution >= 0.6 is 11.3 Å². The van der Waals surface area contributed by atoms with Crippen LogP contribution in [0.4, 0.5) is 9.93 Å². The molecular formula is C12H15N3O3S. The van der Waals surface area contributed by atoms with Crippen LogP contribution in [0.5, 0.6) is 0 Å². The van der Waals surface area contributed by atoms with E-state index in [2.05, 4.69) is 15.6 Å². The maximum Gasteiger partial charge on any atom is 0.321 e. The van der Waals surface area contributed by atoms with Crippen LogP contribution in [0, 0.1) is 6.92 Å². The summed E-state index contributed by atoms with van der Waals surface area (Å²) in [6, 6.07) is 2.92. The number of hydrogen-bond donors (Lipinski definition) is 3. The second kappa shape index (κ2) is 5.41. The predicted molar refractivity (Wildman–Crippen MR) is 72.2 cm³/mol. The maximum atomic E-state index is 11.6. The van der Waals surface area contributed by atoms with E-state index in [9.17, 15) is 9.90 Å². The molecule has 0 aromatic carbocycles. The number of anilines is 1. The summed E-state index contributed by atoms with van der Waals surface area (Å²) in [6.07, 6.45) is 3.15. The number of carbonyl (C=O) groups excluding carboxylic acids is 1. The highest BCUT2D eigenvalue weighted by molar-refractivity contribution is 7.15. The largest absolute Gasteiger partial charge is 0.466 e. The summed E-state index contributed by atoms with van der Waals surface area (Å²) in [5.74, 6) is 0.401. The average Bonchev–Trinajstić information content (AvgIpc) is 2.98. The van der Waals surface area contributed by atoms with Crippen LogP contribution in [0.2, 0.25) is 0 Å². The Labute approximate surface area is 114 Å². The van der Waals surface area contributed by atoms with Gasteiger partial charge in [-0.1, -0.05) is 0 Å². The van der Waals surface area contributed by atoms with Gasteiger partial charge in [-0.05, 0) is 26.0 Å². The monoisotopic (exact) mass is 281 g/mol. The molecule has 6 nitrogen and oxygen atoms in total. The molecule has 0 bridgehead atoms. The second-order valence-electron chi connectivity index (χ2n) is 4.33. The number of aryl methyl sites for hydroxylation is 1. The maximum absolute atomic E-state index is 11.6. The van der Waals surface area contributed by atoms with Gasteiger partial charge < -0.3 is 14.8 Å². The first-order valence-electron chi connectivity index (χ1n) is 5.71. The lowest BCUT2D eigenvalue weighted by molar-refractivity contribution is 0.0372. The van der Waals surface area contributed by atoms with Gasteiger partial charge in [0.15, 0.2) is 5.13 Å². The average molecular weight is 281 g/mol. The molecule has 0 fully saturated rings. The van der Waals surface area contributed by atoms with Gasteiger partial charge in [-0.25, -0.2) is 9.78 Å². The van der Waals surface area contributed by atoms with Gasteiger partial charge in [0.2, 0.25) is 0 Å². The molecule has 19 heavy (non-hydrogen) atoms. The molecule has 2 aromatic rings. The number of hydrogen-bond acceptors (Lipinski definition) is 5. The highest BCUT2D eigenvalue weighted by Crippen LogP contribution is 2.20. The Morgan fingerprint density at radius 1 is 1.63 bits per heavy atom. The SMILES string of the molecule is Cc1cnc(NC(=O)NCC(C)(O)c2ccco2)s1.